The third kappa shape index (κ3) is 2.98. The molecule has 1 aliphatic heterocycles. The molecule has 18 heavy (non-hydrogen) atoms. The van der Waals surface area contributed by atoms with Crippen molar-refractivity contribution in [1.82, 2.24) is 9.80 Å². The van der Waals surface area contributed by atoms with Crippen LogP contribution in [0.3, 0.4) is 0 Å². The van der Waals surface area contributed by atoms with Gasteiger partial charge in [-0.2, -0.15) is 0 Å². The second kappa shape index (κ2) is 6.12. The first kappa shape index (κ1) is 13.2. The number of carbonyl (C=O) groups is 1. The van der Waals surface area contributed by atoms with Crippen molar-refractivity contribution in [2.24, 2.45) is 0 Å². The van der Waals surface area contributed by atoms with Crippen LogP contribution in [0.25, 0.3) is 0 Å². The van der Waals surface area contributed by atoms with E-state index in [0.717, 1.165) is 38.2 Å². The topological polar surface area (TPSA) is 23.6 Å². The van der Waals surface area contributed by atoms with Crippen LogP contribution >= 0.6 is 0 Å². The molecule has 98 valence electrons. The van der Waals surface area contributed by atoms with Crippen molar-refractivity contribution in [3.8, 4) is 0 Å². The fourth-order valence-electron chi connectivity index (χ4n) is 2.54. The van der Waals surface area contributed by atoms with E-state index in [9.17, 15) is 4.79 Å². The summed E-state index contributed by atoms with van der Waals surface area (Å²) in [6, 6.07) is 9.70. The lowest BCUT2D eigenvalue weighted by atomic mass is 10.00. The average Bonchev–Trinajstić information content (AvgIpc) is 2.42. The van der Waals surface area contributed by atoms with E-state index < -0.39 is 0 Å². The number of likely N-dealkylation sites (N-methyl/N-ethyl adjacent to an activating group) is 1. The van der Waals surface area contributed by atoms with Gasteiger partial charge in [0.25, 0.3) is 0 Å². The van der Waals surface area contributed by atoms with Crippen molar-refractivity contribution in [3.63, 3.8) is 0 Å². The van der Waals surface area contributed by atoms with Gasteiger partial charge in [0.1, 0.15) is 0 Å². The summed E-state index contributed by atoms with van der Waals surface area (Å²) in [4.78, 5) is 17.1. The second-order valence-electron chi connectivity index (χ2n) is 4.99. The number of carbonyl (C=O) groups excluding carboxylic acids is 1. The minimum Gasteiger partial charge on any atom is -0.304 e. The van der Waals surface area contributed by atoms with Gasteiger partial charge >= 0.3 is 0 Å². The summed E-state index contributed by atoms with van der Waals surface area (Å²) in [5, 5.41) is 0. The Morgan fingerprint density at radius 2 is 1.78 bits per heavy atom. The molecule has 1 aromatic rings. The molecule has 0 amide bonds. The quantitative estimate of drug-likeness (QED) is 0.758. The molecular formula is C15H22N2O. The largest absolute Gasteiger partial charge is 0.304 e. The van der Waals surface area contributed by atoms with E-state index in [1.165, 1.54) is 0 Å². The molecule has 0 saturated carbocycles. The molecule has 1 unspecified atom stereocenters. The monoisotopic (exact) mass is 246 g/mol. The highest BCUT2D eigenvalue weighted by atomic mass is 16.1. The predicted molar refractivity (Wildman–Crippen MR) is 73.9 cm³/mol. The molecule has 1 saturated heterocycles. The van der Waals surface area contributed by atoms with E-state index in [2.05, 4.69) is 23.8 Å². The average molecular weight is 246 g/mol. The zero-order valence-corrected chi connectivity index (χ0v) is 11.3. The number of hydrogen-bond acceptors (Lipinski definition) is 3. The molecule has 3 heteroatoms. The molecule has 0 aromatic heterocycles. The Morgan fingerprint density at radius 3 is 2.33 bits per heavy atom. The smallest absolute Gasteiger partial charge is 0.179 e. The Labute approximate surface area is 109 Å². The Bertz CT molecular complexity index is 383. The minimum absolute atomic E-state index is 0.0427. The van der Waals surface area contributed by atoms with Gasteiger partial charge in [0.15, 0.2) is 5.78 Å². The molecule has 0 bridgehead atoms. The van der Waals surface area contributed by atoms with Gasteiger partial charge in [0.2, 0.25) is 0 Å². The fourth-order valence-corrected chi connectivity index (χ4v) is 2.54. The molecule has 2 rings (SSSR count). The van der Waals surface area contributed by atoms with Crippen molar-refractivity contribution in [1.29, 1.82) is 0 Å². The Morgan fingerprint density at radius 1 is 1.17 bits per heavy atom. The van der Waals surface area contributed by atoms with Crippen LogP contribution < -0.4 is 0 Å². The Hall–Kier alpha value is -1.19. The summed E-state index contributed by atoms with van der Waals surface area (Å²) in [6.07, 6.45) is 0.886. The number of hydrogen-bond donors (Lipinski definition) is 0. The van der Waals surface area contributed by atoms with Crippen LogP contribution in [0.5, 0.6) is 0 Å². The summed E-state index contributed by atoms with van der Waals surface area (Å²) in [7, 11) is 2.14. The van der Waals surface area contributed by atoms with Crippen LogP contribution in [0, 0.1) is 0 Å². The minimum atomic E-state index is 0.0427. The first-order valence-electron chi connectivity index (χ1n) is 6.74. The molecule has 0 N–H and O–H groups in total. The van der Waals surface area contributed by atoms with Crippen LogP contribution in [-0.4, -0.2) is 54.9 Å². The van der Waals surface area contributed by atoms with Gasteiger partial charge in [-0.05, 0) is 13.5 Å². The molecule has 0 radical (unpaired) electrons. The number of rotatable bonds is 4. The van der Waals surface area contributed by atoms with Gasteiger partial charge in [-0.25, -0.2) is 0 Å². The number of ketones is 1. The Balaban J connectivity index is 2.07. The number of piperazine rings is 1. The number of benzene rings is 1. The molecule has 1 atom stereocenters. The van der Waals surface area contributed by atoms with Crippen molar-refractivity contribution in [2.45, 2.75) is 19.4 Å². The summed E-state index contributed by atoms with van der Waals surface area (Å²) in [5.41, 5.74) is 0.836. The molecule has 3 nitrogen and oxygen atoms in total. The summed E-state index contributed by atoms with van der Waals surface area (Å²) < 4.78 is 0. The van der Waals surface area contributed by atoms with Gasteiger partial charge in [-0.1, -0.05) is 37.3 Å². The maximum Gasteiger partial charge on any atom is 0.179 e. The molecule has 1 aliphatic rings. The zero-order valence-electron chi connectivity index (χ0n) is 11.3. The van der Waals surface area contributed by atoms with Gasteiger partial charge in [-0.15, -0.1) is 0 Å². The fraction of sp³-hybridized carbons (Fsp3) is 0.533. The lowest BCUT2D eigenvalue weighted by molar-refractivity contribution is 0.0698. The highest BCUT2D eigenvalue weighted by Crippen LogP contribution is 2.14. The van der Waals surface area contributed by atoms with E-state index in [1.807, 2.05) is 30.3 Å². The van der Waals surface area contributed by atoms with Crippen molar-refractivity contribution in [3.05, 3.63) is 35.9 Å². The molecule has 1 heterocycles. The third-order valence-corrected chi connectivity index (χ3v) is 3.73. The normalized spacial score (nSPS) is 19.7. The third-order valence-electron chi connectivity index (χ3n) is 3.73. The molecule has 1 fully saturated rings. The maximum atomic E-state index is 12.5. The summed E-state index contributed by atoms with van der Waals surface area (Å²) in [5.74, 6) is 0.266. The van der Waals surface area contributed by atoms with Gasteiger partial charge < -0.3 is 4.90 Å². The summed E-state index contributed by atoms with van der Waals surface area (Å²) >= 11 is 0. The molecule has 0 spiro atoms. The molecular weight excluding hydrogens is 224 g/mol. The van der Waals surface area contributed by atoms with Crippen LogP contribution in [0.15, 0.2) is 30.3 Å². The Kier molecular flexibility index (Phi) is 4.50. The van der Waals surface area contributed by atoms with E-state index in [1.54, 1.807) is 0 Å². The molecule has 1 aromatic carbocycles. The standard InChI is InChI=1S/C15H22N2O/c1-3-14(17-11-9-16(2)10-12-17)15(18)13-7-5-4-6-8-13/h4-8,14H,3,9-12H2,1-2H3. The number of nitrogens with zero attached hydrogens (tertiary/aromatic N) is 2. The summed E-state index contributed by atoms with van der Waals surface area (Å²) in [6.45, 7) is 6.20. The van der Waals surface area contributed by atoms with Crippen LogP contribution in [0.1, 0.15) is 23.7 Å². The maximum absolute atomic E-state index is 12.5. The van der Waals surface area contributed by atoms with Crippen LogP contribution in [0.2, 0.25) is 0 Å². The molecule has 0 aliphatic carbocycles. The predicted octanol–water partition coefficient (Wildman–Crippen LogP) is 1.90. The van der Waals surface area contributed by atoms with Crippen molar-refractivity contribution in [2.75, 3.05) is 33.2 Å². The zero-order chi connectivity index (χ0) is 13.0. The SMILES string of the molecule is CCC(C(=O)c1ccccc1)N1CCN(C)CC1. The second-order valence-corrected chi connectivity index (χ2v) is 4.99. The lowest BCUT2D eigenvalue weighted by Crippen LogP contribution is -2.51. The number of Topliss-reactive ketones (excluding diaryl/α,β-unsaturated/α-hetero) is 1. The van der Waals surface area contributed by atoms with Crippen LogP contribution in [0.4, 0.5) is 0 Å². The lowest BCUT2D eigenvalue weighted by Gasteiger charge is -2.36. The van der Waals surface area contributed by atoms with Crippen molar-refractivity contribution < 1.29 is 4.79 Å². The highest BCUT2D eigenvalue weighted by Gasteiger charge is 2.27. The van der Waals surface area contributed by atoms with Crippen molar-refractivity contribution >= 4 is 5.78 Å². The highest BCUT2D eigenvalue weighted by molar-refractivity contribution is 6.00. The van der Waals surface area contributed by atoms with Crippen LogP contribution in [-0.2, 0) is 0 Å². The van der Waals surface area contributed by atoms with E-state index in [0.29, 0.717) is 0 Å². The van der Waals surface area contributed by atoms with Gasteiger partial charge in [0, 0.05) is 31.7 Å². The van der Waals surface area contributed by atoms with Gasteiger partial charge in [0.05, 0.1) is 6.04 Å². The first-order valence-corrected chi connectivity index (χ1v) is 6.74. The van der Waals surface area contributed by atoms with E-state index in [4.69, 9.17) is 0 Å². The van der Waals surface area contributed by atoms with Gasteiger partial charge in [-0.3, -0.25) is 9.69 Å². The van der Waals surface area contributed by atoms with E-state index >= 15 is 0 Å². The first-order chi connectivity index (χ1) is 8.72. The van der Waals surface area contributed by atoms with E-state index in [-0.39, 0.29) is 11.8 Å².